The second-order valence-corrected chi connectivity index (χ2v) is 11.3. The van der Waals surface area contributed by atoms with E-state index in [1.807, 2.05) is 55.5 Å². The van der Waals surface area contributed by atoms with Crippen LogP contribution >= 0.6 is 27.3 Å². The van der Waals surface area contributed by atoms with Crippen LogP contribution in [0, 0.1) is 5.82 Å². The van der Waals surface area contributed by atoms with Crippen LogP contribution in [-0.2, 0) is 14.3 Å². The number of rotatable bonds is 5. The number of esters is 1. The number of anilines is 1. The van der Waals surface area contributed by atoms with Gasteiger partial charge in [0.1, 0.15) is 10.3 Å². The molecule has 206 valence electrons. The molecule has 0 saturated heterocycles. The summed E-state index contributed by atoms with van der Waals surface area (Å²) in [6, 6.07) is 19.4. The maximum absolute atomic E-state index is 14.3. The van der Waals surface area contributed by atoms with Gasteiger partial charge in [-0.15, -0.1) is 0 Å². The minimum absolute atomic E-state index is 0.113. The molecule has 41 heavy (non-hydrogen) atoms. The molecule has 3 heterocycles. The minimum atomic E-state index is -0.962. The normalized spacial score (nSPS) is 17.3. The second kappa shape index (κ2) is 10.7. The van der Waals surface area contributed by atoms with Crippen molar-refractivity contribution in [1.29, 1.82) is 0 Å². The molecule has 1 atom stereocenters. The molecule has 6 rings (SSSR count). The van der Waals surface area contributed by atoms with Gasteiger partial charge in [0.05, 0.1) is 35.2 Å². The van der Waals surface area contributed by atoms with Crippen LogP contribution in [0.25, 0.3) is 11.3 Å². The quantitative estimate of drug-likeness (QED) is 0.302. The Morgan fingerprint density at radius 1 is 1.05 bits per heavy atom. The molecule has 0 radical (unpaired) electrons. The van der Waals surface area contributed by atoms with Gasteiger partial charge in [-0.3, -0.25) is 14.2 Å². The predicted octanol–water partition coefficient (Wildman–Crippen LogP) is 4.57. The summed E-state index contributed by atoms with van der Waals surface area (Å²) < 4.78 is 21.9. The highest BCUT2D eigenvalue weighted by Gasteiger charge is 2.38. The fraction of sp³-hybridized carbons (Fsp3) is 0.161. The zero-order valence-corrected chi connectivity index (χ0v) is 24.5. The first-order valence-corrected chi connectivity index (χ1v) is 14.6. The summed E-state index contributed by atoms with van der Waals surface area (Å²) in [5.41, 5.74) is 2.85. The van der Waals surface area contributed by atoms with Crippen LogP contribution < -0.4 is 19.8 Å². The summed E-state index contributed by atoms with van der Waals surface area (Å²) in [5, 5.41) is 0. The first-order chi connectivity index (χ1) is 19.8. The molecule has 4 aromatic rings. The number of hydrogen-bond acceptors (Lipinski definition) is 6. The number of amides is 1. The number of halogens is 2. The van der Waals surface area contributed by atoms with E-state index in [9.17, 15) is 18.8 Å². The van der Waals surface area contributed by atoms with E-state index in [1.54, 1.807) is 24.0 Å². The van der Waals surface area contributed by atoms with E-state index >= 15 is 0 Å². The molecule has 0 fully saturated rings. The summed E-state index contributed by atoms with van der Waals surface area (Å²) in [5.74, 6) is -1.37. The number of carbonyl (C=O) groups is 2. The summed E-state index contributed by atoms with van der Waals surface area (Å²) >= 11 is 4.59. The molecule has 1 aromatic heterocycles. The van der Waals surface area contributed by atoms with E-state index in [4.69, 9.17) is 9.73 Å². The van der Waals surface area contributed by atoms with Gasteiger partial charge in [0.25, 0.3) is 11.5 Å². The largest absolute Gasteiger partial charge is 0.463 e. The van der Waals surface area contributed by atoms with Gasteiger partial charge < -0.3 is 9.64 Å². The van der Waals surface area contributed by atoms with Crippen LogP contribution in [0.2, 0.25) is 0 Å². The number of likely N-dealkylation sites (N-methyl/N-ethyl adjacent to an activating group) is 1. The summed E-state index contributed by atoms with van der Waals surface area (Å²) in [6.07, 6.45) is 0. The highest BCUT2D eigenvalue weighted by Crippen LogP contribution is 2.38. The maximum atomic E-state index is 14.3. The molecule has 0 unspecified atom stereocenters. The van der Waals surface area contributed by atoms with Crippen molar-refractivity contribution in [3.05, 3.63) is 125 Å². The lowest BCUT2D eigenvalue weighted by Crippen LogP contribution is -2.41. The number of thiazole rings is 1. The Hall–Kier alpha value is -4.15. The van der Waals surface area contributed by atoms with Crippen molar-refractivity contribution >= 4 is 56.1 Å². The summed E-state index contributed by atoms with van der Waals surface area (Å²) in [4.78, 5) is 48.3. The fourth-order valence-electron chi connectivity index (χ4n) is 5.29. The predicted molar refractivity (Wildman–Crippen MR) is 159 cm³/mol. The fourth-order valence-corrected chi connectivity index (χ4v) is 6.74. The monoisotopic (exact) mass is 631 g/mol. The summed E-state index contributed by atoms with van der Waals surface area (Å²) in [7, 11) is 0. The Labute approximate surface area is 246 Å². The van der Waals surface area contributed by atoms with E-state index < -0.39 is 23.4 Å². The zero-order valence-electron chi connectivity index (χ0n) is 22.1. The van der Waals surface area contributed by atoms with Crippen molar-refractivity contribution in [2.24, 2.45) is 4.99 Å². The summed E-state index contributed by atoms with van der Waals surface area (Å²) in [6.45, 7) is 4.12. The third-order valence-corrected chi connectivity index (χ3v) is 8.60. The van der Waals surface area contributed by atoms with E-state index in [0.717, 1.165) is 15.8 Å². The lowest BCUT2D eigenvalue weighted by atomic mass is 9.93. The number of aromatic nitrogens is 1. The van der Waals surface area contributed by atoms with Crippen LogP contribution in [0.3, 0.4) is 0 Å². The molecule has 0 bridgehead atoms. The number of benzene rings is 3. The first kappa shape index (κ1) is 27.0. The van der Waals surface area contributed by atoms with Crippen LogP contribution in [0.1, 0.15) is 36.6 Å². The molecule has 2 aliphatic rings. The van der Waals surface area contributed by atoms with Crippen molar-refractivity contribution in [2.45, 2.75) is 19.9 Å². The third-order valence-electron chi connectivity index (χ3n) is 7.06. The van der Waals surface area contributed by atoms with Gasteiger partial charge in [-0.1, -0.05) is 69.7 Å². The average Bonchev–Trinajstić information content (AvgIpc) is 3.44. The van der Waals surface area contributed by atoms with Gasteiger partial charge in [0.2, 0.25) is 0 Å². The van der Waals surface area contributed by atoms with Gasteiger partial charge in [-0.25, -0.2) is 14.2 Å². The molecule has 0 saturated carbocycles. The molecular formula is C31H23BrFN3O4S. The Morgan fingerprint density at radius 2 is 1.78 bits per heavy atom. The van der Waals surface area contributed by atoms with Gasteiger partial charge in [0.15, 0.2) is 4.80 Å². The number of hydrogen-bond donors (Lipinski definition) is 0. The number of carbonyl (C=O) groups excluding carboxylic acids is 2. The van der Waals surface area contributed by atoms with Crippen molar-refractivity contribution in [3.63, 3.8) is 0 Å². The third kappa shape index (κ3) is 4.47. The minimum Gasteiger partial charge on any atom is -0.463 e. The average molecular weight is 633 g/mol. The molecule has 1 amide bonds. The topological polar surface area (TPSA) is 81.0 Å². The molecule has 3 aromatic carbocycles. The van der Waals surface area contributed by atoms with Crippen LogP contribution in [0.15, 0.2) is 92.6 Å². The Balaban J connectivity index is 1.72. The lowest BCUT2D eigenvalue weighted by molar-refractivity contribution is -0.138. The van der Waals surface area contributed by atoms with Crippen molar-refractivity contribution in [3.8, 4) is 0 Å². The first-order valence-electron chi connectivity index (χ1n) is 13.0. The highest BCUT2D eigenvalue weighted by atomic mass is 79.9. The van der Waals surface area contributed by atoms with E-state index in [2.05, 4.69) is 15.9 Å². The zero-order chi connectivity index (χ0) is 28.8. The Kier molecular flexibility index (Phi) is 7.04. The van der Waals surface area contributed by atoms with Gasteiger partial charge in [-0.05, 0) is 49.7 Å². The van der Waals surface area contributed by atoms with E-state index in [0.29, 0.717) is 39.4 Å². The van der Waals surface area contributed by atoms with Crippen LogP contribution in [0.5, 0.6) is 0 Å². The molecule has 0 spiro atoms. The van der Waals surface area contributed by atoms with Gasteiger partial charge in [0, 0.05) is 22.1 Å². The molecule has 0 N–H and O–H groups in total. The SMILES string of the molecule is CCOC(=O)C1=C(c2ccccc2)N=c2s/c(=C3/C(=O)N(CC)c4ccc(Br)cc43)c(=O)n2[C@@H]1c1ccc(F)cc1. The molecule has 7 nitrogen and oxygen atoms in total. The van der Waals surface area contributed by atoms with Crippen molar-refractivity contribution in [1.82, 2.24) is 4.57 Å². The van der Waals surface area contributed by atoms with Gasteiger partial charge in [-0.2, -0.15) is 0 Å². The van der Waals surface area contributed by atoms with Crippen molar-refractivity contribution < 1.29 is 18.7 Å². The highest BCUT2D eigenvalue weighted by molar-refractivity contribution is 9.10. The van der Waals surface area contributed by atoms with Crippen LogP contribution in [-0.4, -0.2) is 29.6 Å². The smallest absolute Gasteiger partial charge is 0.338 e. The molecule has 0 aliphatic carbocycles. The maximum Gasteiger partial charge on any atom is 0.338 e. The standard InChI is InChI=1S/C31H23BrFN3O4S/c1-3-35-22-15-12-19(32)16-21(22)23(28(35)37)27-29(38)36-26(18-10-13-20(33)14-11-18)24(30(39)40-4-2)25(34-31(36)41-27)17-8-6-5-7-9-17/h5-16,26H,3-4H2,1-2H3/b27-23+/t26-/m1/s1. The van der Waals surface area contributed by atoms with Crippen LogP contribution in [0.4, 0.5) is 10.1 Å². The Bertz CT molecular complexity index is 1930. The second-order valence-electron chi connectivity index (χ2n) is 9.39. The van der Waals surface area contributed by atoms with Crippen molar-refractivity contribution in [2.75, 3.05) is 18.1 Å². The molecule has 10 heteroatoms. The lowest BCUT2D eigenvalue weighted by Gasteiger charge is -2.25. The number of fused-ring (bicyclic) bond motifs is 2. The number of nitrogens with zero attached hydrogens (tertiary/aromatic N) is 3. The Morgan fingerprint density at radius 3 is 2.46 bits per heavy atom. The molecular weight excluding hydrogens is 609 g/mol. The molecule has 2 aliphatic heterocycles. The van der Waals surface area contributed by atoms with Gasteiger partial charge >= 0.3 is 5.97 Å². The van der Waals surface area contributed by atoms with E-state index in [1.165, 1.54) is 16.7 Å². The number of ether oxygens (including phenoxy) is 1. The van der Waals surface area contributed by atoms with E-state index in [-0.39, 0.29) is 28.2 Å².